The second-order valence-electron chi connectivity index (χ2n) is 4.90. The van der Waals surface area contributed by atoms with Gasteiger partial charge in [-0.3, -0.25) is 4.79 Å². The largest absolute Gasteiger partial charge is 0.336 e. The molecule has 1 amide bonds. The first-order valence-electron chi connectivity index (χ1n) is 6.74. The molecular formula is C15H21BrClNO. The Balaban J connectivity index is 2.90. The zero-order valence-electron chi connectivity index (χ0n) is 11.7. The van der Waals surface area contributed by atoms with E-state index in [1.165, 1.54) is 0 Å². The van der Waals surface area contributed by atoms with Crippen LogP contribution in [0, 0.1) is 0 Å². The van der Waals surface area contributed by atoms with E-state index in [0.29, 0.717) is 10.6 Å². The van der Waals surface area contributed by atoms with Crippen molar-refractivity contribution in [1.82, 2.24) is 4.90 Å². The molecule has 0 radical (unpaired) electrons. The number of carbonyl (C=O) groups excluding carboxylic acids is 1. The lowest BCUT2D eigenvalue weighted by molar-refractivity contribution is 0.0702. The quantitative estimate of drug-likeness (QED) is 0.653. The Bertz CT molecular complexity index is 434. The van der Waals surface area contributed by atoms with Crippen LogP contribution in [0.25, 0.3) is 0 Å². The smallest absolute Gasteiger partial charge is 0.255 e. The summed E-state index contributed by atoms with van der Waals surface area (Å²) in [5, 5.41) is 0.494. The summed E-state index contributed by atoms with van der Waals surface area (Å²) in [5.74, 6) is 0.0115. The number of benzene rings is 1. The maximum atomic E-state index is 12.6. The van der Waals surface area contributed by atoms with Gasteiger partial charge in [0.2, 0.25) is 0 Å². The predicted molar refractivity (Wildman–Crippen MR) is 84.8 cm³/mol. The van der Waals surface area contributed by atoms with Crippen molar-refractivity contribution in [3.8, 4) is 0 Å². The molecule has 4 heteroatoms. The van der Waals surface area contributed by atoms with Gasteiger partial charge in [0.25, 0.3) is 5.91 Å². The van der Waals surface area contributed by atoms with E-state index in [9.17, 15) is 4.79 Å². The molecule has 1 aromatic rings. The minimum absolute atomic E-state index is 0.0115. The van der Waals surface area contributed by atoms with E-state index in [-0.39, 0.29) is 11.9 Å². The van der Waals surface area contributed by atoms with Crippen LogP contribution in [0.5, 0.6) is 0 Å². The first kappa shape index (κ1) is 16.5. The summed E-state index contributed by atoms with van der Waals surface area (Å²) >= 11 is 9.57. The second-order valence-corrected chi connectivity index (χ2v) is 6.13. The fourth-order valence-corrected chi connectivity index (χ4v) is 2.52. The van der Waals surface area contributed by atoms with Gasteiger partial charge in [0.15, 0.2) is 0 Å². The fraction of sp³-hybridized carbons (Fsp3) is 0.533. The Morgan fingerprint density at radius 2 is 2.05 bits per heavy atom. The molecule has 106 valence electrons. The first-order valence-corrected chi connectivity index (χ1v) is 7.91. The third-order valence-corrected chi connectivity index (χ3v) is 4.37. The molecule has 2 nitrogen and oxygen atoms in total. The van der Waals surface area contributed by atoms with Gasteiger partial charge in [0.1, 0.15) is 0 Å². The number of amides is 1. The van der Waals surface area contributed by atoms with E-state index in [4.69, 9.17) is 11.6 Å². The molecule has 0 fully saturated rings. The SMILES string of the molecule is CCCCCN(C(=O)c1cccc(Br)c1Cl)C(C)C. The third kappa shape index (κ3) is 4.50. The lowest BCUT2D eigenvalue weighted by Crippen LogP contribution is -2.37. The summed E-state index contributed by atoms with van der Waals surface area (Å²) in [6, 6.07) is 5.65. The van der Waals surface area contributed by atoms with Crippen LogP contribution in [0.4, 0.5) is 0 Å². The average molecular weight is 347 g/mol. The zero-order chi connectivity index (χ0) is 14.4. The van der Waals surface area contributed by atoms with E-state index in [1.807, 2.05) is 30.9 Å². The Hall–Kier alpha value is -0.540. The molecule has 0 aromatic heterocycles. The van der Waals surface area contributed by atoms with Crippen LogP contribution in [-0.4, -0.2) is 23.4 Å². The van der Waals surface area contributed by atoms with Gasteiger partial charge in [-0.05, 0) is 48.3 Å². The number of rotatable bonds is 6. The van der Waals surface area contributed by atoms with Crippen molar-refractivity contribution >= 4 is 33.4 Å². The minimum atomic E-state index is 0.0115. The van der Waals surface area contributed by atoms with Gasteiger partial charge >= 0.3 is 0 Å². The average Bonchev–Trinajstić information content (AvgIpc) is 2.37. The summed E-state index contributed by atoms with van der Waals surface area (Å²) in [6.07, 6.45) is 3.33. The highest BCUT2D eigenvalue weighted by atomic mass is 79.9. The van der Waals surface area contributed by atoms with Crippen molar-refractivity contribution in [3.05, 3.63) is 33.3 Å². The molecule has 0 aliphatic rings. The van der Waals surface area contributed by atoms with Crippen molar-refractivity contribution < 1.29 is 4.79 Å². The van der Waals surface area contributed by atoms with Crippen LogP contribution in [-0.2, 0) is 0 Å². The topological polar surface area (TPSA) is 20.3 Å². The van der Waals surface area contributed by atoms with Crippen LogP contribution < -0.4 is 0 Å². The number of unbranched alkanes of at least 4 members (excludes halogenated alkanes) is 2. The number of carbonyl (C=O) groups is 1. The Morgan fingerprint density at radius 1 is 1.37 bits per heavy atom. The lowest BCUT2D eigenvalue weighted by atomic mass is 10.1. The highest BCUT2D eigenvalue weighted by Gasteiger charge is 2.21. The van der Waals surface area contributed by atoms with Gasteiger partial charge in [-0.15, -0.1) is 0 Å². The number of nitrogens with zero attached hydrogens (tertiary/aromatic N) is 1. The molecule has 0 N–H and O–H groups in total. The van der Waals surface area contributed by atoms with Crippen molar-refractivity contribution in [2.24, 2.45) is 0 Å². The molecule has 0 aliphatic carbocycles. The molecule has 1 aromatic carbocycles. The number of hydrogen-bond donors (Lipinski definition) is 0. The second kappa shape index (κ2) is 7.91. The van der Waals surface area contributed by atoms with Crippen LogP contribution in [0.1, 0.15) is 50.4 Å². The Morgan fingerprint density at radius 3 is 2.63 bits per heavy atom. The minimum Gasteiger partial charge on any atom is -0.336 e. The van der Waals surface area contributed by atoms with Gasteiger partial charge in [0, 0.05) is 17.1 Å². The summed E-state index contributed by atoms with van der Waals surface area (Å²) < 4.78 is 0.761. The highest BCUT2D eigenvalue weighted by Crippen LogP contribution is 2.27. The monoisotopic (exact) mass is 345 g/mol. The first-order chi connectivity index (χ1) is 8.99. The summed E-state index contributed by atoms with van der Waals surface area (Å²) in [5.41, 5.74) is 0.571. The van der Waals surface area contributed by atoms with E-state index in [1.54, 1.807) is 6.07 Å². The lowest BCUT2D eigenvalue weighted by Gasteiger charge is -2.27. The molecule has 0 bridgehead atoms. The van der Waals surface area contributed by atoms with Gasteiger partial charge in [-0.2, -0.15) is 0 Å². The molecule has 0 saturated carbocycles. The Kier molecular flexibility index (Phi) is 6.87. The molecule has 0 unspecified atom stereocenters. The standard InChI is InChI=1S/C15H21BrClNO/c1-4-5-6-10-18(11(2)3)15(19)12-8-7-9-13(16)14(12)17/h7-9,11H,4-6,10H2,1-3H3. The van der Waals surface area contributed by atoms with Gasteiger partial charge in [-0.1, -0.05) is 37.4 Å². The van der Waals surface area contributed by atoms with Crippen LogP contribution in [0.15, 0.2) is 22.7 Å². The van der Waals surface area contributed by atoms with Crippen molar-refractivity contribution in [1.29, 1.82) is 0 Å². The summed E-state index contributed by atoms with van der Waals surface area (Å²) in [6.45, 7) is 7.02. The molecule has 1 rings (SSSR count). The van der Waals surface area contributed by atoms with Crippen molar-refractivity contribution in [3.63, 3.8) is 0 Å². The maximum absolute atomic E-state index is 12.6. The molecule has 0 spiro atoms. The van der Waals surface area contributed by atoms with Crippen LogP contribution in [0.3, 0.4) is 0 Å². The summed E-state index contributed by atoms with van der Waals surface area (Å²) in [7, 11) is 0. The molecule has 0 saturated heterocycles. The van der Waals surface area contributed by atoms with E-state index >= 15 is 0 Å². The zero-order valence-corrected chi connectivity index (χ0v) is 14.1. The summed E-state index contributed by atoms with van der Waals surface area (Å²) in [4.78, 5) is 14.5. The molecule has 19 heavy (non-hydrogen) atoms. The van der Waals surface area contributed by atoms with E-state index in [0.717, 1.165) is 30.3 Å². The molecule has 0 heterocycles. The van der Waals surface area contributed by atoms with E-state index < -0.39 is 0 Å². The number of halogens is 2. The molecule has 0 aliphatic heterocycles. The van der Waals surface area contributed by atoms with Gasteiger partial charge in [-0.25, -0.2) is 0 Å². The van der Waals surface area contributed by atoms with Gasteiger partial charge in [0.05, 0.1) is 10.6 Å². The number of hydrogen-bond acceptors (Lipinski definition) is 1. The Labute approximate surface area is 129 Å². The highest BCUT2D eigenvalue weighted by molar-refractivity contribution is 9.10. The molecular weight excluding hydrogens is 326 g/mol. The van der Waals surface area contributed by atoms with Crippen LogP contribution >= 0.6 is 27.5 Å². The fourth-order valence-electron chi connectivity index (χ4n) is 1.95. The predicted octanol–water partition coefficient (Wildman–Crippen LogP) is 5.14. The van der Waals surface area contributed by atoms with E-state index in [2.05, 4.69) is 22.9 Å². The normalized spacial score (nSPS) is 10.8. The molecule has 0 atom stereocenters. The van der Waals surface area contributed by atoms with Crippen LogP contribution in [0.2, 0.25) is 5.02 Å². The maximum Gasteiger partial charge on any atom is 0.255 e. The van der Waals surface area contributed by atoms with Gasteiger partial charge < -0.3 is 4.90 Å². The van der Waals surface area contributed by atoms with Crippen molar-refractivity contribution in [2.75, 3.05) is 6.54 Å². The third-order valence-electron chi connectivity index (χ3n) is 3.07. The van der Waals surface area contributed by atoms with Crippen molar-refractivity contribution in [2.45, 2.75) is 46.1 Å².